The van der Waals surface area contributed by atoms with E-state index in [1.54, 1.807) is 12.7 Å². The lowest BCUT2D eigenvalue weighted by Crippen LogP contribution is -2.37. The molecule has 0 radical (unpaired) electrons. The van der Waals surface area contributed by atoms with E-state index >= 15 is 0 Å². The molecule has 1 aliphatic rings. The van der Waals surface area contributed by atoms with E-state index in [1.165, 1.54) is 31.2 Å². The SMILES string of the molecule is COCCNCC1(c2ccccc2C)CCCC1. The van der Waals surface area contributed by atoms with Crippen LogP contribution in [0, 0.1) is 6.92 Å². The Bertz CT molecular complexity index is 369. The lowest BCUT2D eigenvalue weighted by atomic mass is 9.77. The first-order chi connectivity index (χ1) is 8.78. The molecule has 100 valence electrons. The largest absolute Gasteiger partial charge is 0.383 e. The maximum atomic E-state index is 5.11. The number of methoxy groups -OCH3 is 1. The summed E-state index contributed by atoms with van der Waals surface area (Å²) in [6.45, 7) is 5.07. The Morgan fingerprint density at radius 3 is 2.61 bits per heavy atom. The highest BCUT2D eigenvalue weighted by Gasteiger charge is 2.35. The molecule has 1 saturated carbocycles. The van der Waals surface area contributed by atoms with Crippen LogP contribution in [0.25, 0.3) is 0 Å². The molecule has 0 aliphatic heterocycles. The summed E-state index contributed by atoms with van der Waals surface area (Å²) in [6, 6.07) is 8.88. The third-order valence-electron chi connectivity index (χ3n) is 4.22. The van der Waals surface area contributed by atoms with E-state index in [1.807, 2.05) is 0 Å². The van der Waals surface area contributed by atoms with Crippen molar-refractivity contribution < 1.29 is 4.74 Å². The van der Waals surface area contributed by atoms with Crippen molar-refractivity contribution in [3.63, 3.8) is 0 Å². The average molecular weight is 247 g/mol. The van der Waals surface area contributed by atoms with Crippen LogP contribution in [0.5, 0.6) is 0 Å². The molecule has 18 heavy (non-hydrogen) atoms. The number of ether oxygens (including phenoxy) is 1. The first kappa shape index (κ1) is 13.6. The van der Waals surface area contributed by atoms with Crippen molar-refractivity contribution in [2.45, 2.75) is 38.0 Å². The van der Waals surface area contributed by atoms with E-state index in [0.29, 0.717) is 5.41 Å². The summed E-state index contributed by atoms with van der Waals surface area (Å²) < 4.78 is 5.11. The zero-order valence-corrected chi connectivity index (χ0v) is 11.7. The molecule has 0 amide bonds. The Hall–Kier alpha value is -0.860. The van der Waals surface area contributed by atoms with Gasteiger partial charge in [-0.3, -0.25) is 0 Å². The van der Waals surface area contributed by atoms with Crippen molar-refractivity contribution in [1.82, 2.24) is 5.32 Å². The van der Waals surface area contributed by atoms with E-state index in [2.05, 4.69) is 36.5 Å². The lowest BCUT2D eigenvalue weighted by molar-refractivity contribution is 0.196. The van der Waals surface area contributed by atoms with E-state index in [4.69, 9.17) is 4.74 Å². The van der Waals surface area contributed by atoms with E-state index < -0.39 is 0 Å². The van der Waals surface area contributed by atoms with Crippen LogP contribution in [-0.2, 0) is 10.2 Å². The minimum atomic E-state index is 0.360. The summed E-state index contributed by atoms with van der Waals surface area (Å²) in [4.78, 5) is 0. The summed E-state index contributed by atoms with van der Waals surface area (Å²) in [5.74, 6) is 0. The molecular formula is C16H25NO. The van der Waals surface area contributed by atoms with Crippen molar-refractivity contribution in [2.24, 2.45) is 0 Å². The zero-order valence-electron chi connectivity index (χ0n) is 11.7. The third-order valence-corrected chi connectivity index (χ3v) is 4.22. The molecule has 0 spiro atoms. The molecule has 2 nitrogen and oxygen atoms in total. The van der Waals surface area contributed by atoms with Crippen LogP contribution < -0.4 is 5.32 Å². The Labute approximate surface area is 111 Å². The molecular weight excluding hydrogens is 222 g/mol. The molecule has 0 atom stereocenters. The number of rotatable bonds is 6. The van der Waals surface area contributed by atoms with Gasteiger partial charge >= 0.3 is 0 Å². The van der Waals surface area contributed by atoms with Crippen LogP contribution in [0.1, 0.15) is 36.8 Å². The van der Waals surface area contributed by atoms with Crippen LogP contribution in [0.15, 0.2) is 24.3 Å². The Morgan fingerprint density at radius 2 is 1.94 bits per heavy atom. The fourth-order valence-electron chi connectivity index (χ4n) is 3.26. The lowest BCUT2D eigenvalue weighted by Gasteiger charge is -2.31. The van der Waals surface area contributed by atoms with Gasteiger partial charge in [0.15, 0.2) is 0 Å². The fraction of sp³-hybridized carbons (Fsp3) is 0.625. The second kappa shape index (κ2) is 6.35. The van der Waals surface area contributed by atoms with Gasteiger partial charge in [-0.2, -0.15) is 0 Å². The molecule has 1 aromatic carbocycles. The van der Waals surface area contributed by atoms with Crippen molar-refractivity contribution in [3.05, 3.63) is 35.4 Å². The number of benzene rings is 1. The average Bonchev–Trinajstić information content (AvgIpc) is 2.85. The Balaban J connectivity index is 2.09. The zero-order chi connectivity index (χ0) is 12.8. The molecule has 0 unspecified atom stereocenters. The normalized spacial score (nSPS) is 18.1. The summed E-state index contributed by atoms with van der Waals surface area (Å²) in [5.41, 5.74) is 3.35. The maximum Gasteiger partial charge on any atom is 0.0587 e. The van der Waals surface area contributed by atoms with Crippen LogP contribution in [-0.4, -0.2) is 26.8 Å². The minimum Gasteiger partial charge on any atom is -0.383 e. The van der Waals surface area contributed by atoms with E-state index in [0.717, 1.165) is 19.7 Å². The van der Waals surface area contributed by atoms with Crippen LogP contribution in [0.3, 0.4) is 0 Å². The molecule has 1 aromatic rings. The fourth-order valence-corrected chi connectivity index (χ4v) is 3.26. The quantitative estimate of drug-likeness (QED) is 0.780. The highest BCUT2D eigenvalue weighted by Crippen LogP contribution is 2.41. The molecule has 1 N–H and O–H groups in total. The van der Waals surface area contributed by atoms with Crippen molar-refractivity contribution in [1.29, 1.82) is 0 Å². The second-order valence-electron chi connectivity index (χ2n) is 5.47. The molecule has 1 fully saturated rings. The predicted octanol–water partition coefficient (Wildman–Crippen LogP) is 3.04. The van der Waals surface area contributed by atoms with Gasteiger partial charge in [-0.05, 0) is 30.9 Å². The summed E-state index contributed by atoms with van der Waals surface area (Å²) >= 11 is 0. The minimum absolute atomic E-state index is 0.360. The highest BCUT2D eigenvalue weighted by atomic mass is 16.5. The molecule has 0 heterocycles. The molecule has 1 aliphatic carbocycles. The van der Waals surface area contributed by atoms with Gasteiger partial charge in [-0.15, -0.1) is 0 Å². The first-order valence-electron chi connectivity index (χ1n) is 7.04. The predicted molar refractivity (Wildman–Crippen MR) is 76.1 cm³/mol. The van der Waals surface area contributed by atoms with Gasteiger partial charge in [0, 0.05) is 25.6 Å². The monoisotopic (exact) mass is 247 g/mol. The second-order valence-corrected chi connectivity index (χ2v) is 5.47. The van der Waals surface area contributed by atoms with Gasteiger partial charge in [-0.1, -0.05) is 37.1 Å². The van der Waals surface area contributed by atoms with Gasteiger partial charge < -0.3 is 10.1 Å². The number of hydrogen-bond donors (Lipinski definition) is 1. The summed E-state index contributed by atoms with van der Waals surface area (Å²) in [7, 11) is 1.76. The van der Waals surface area contributed by atoms with Crippen molar-refractivity contribution in [2.75, 3.05) is 26.8 Å². The van der Waals surface area contributed by atoms with E-state index in [-0.39, 0.29) is 0 Å². The Morgan fingerprint density at radius 1 is 1.22 bits per heavy atom. The molecule has 0 saturated heterocycles. The van der Waals surface area contributed by atoms with Gasteiger partial charge in [0.2, 0.25) is 0 Å². The number of hydrogen-bond acceptors (Lipinski definition) is 2. The van der Waals surface area contributed by atoms with Gasteiger partial charge in [0.1, 0.15) is 0 Å². The maximum absolute atomic E-state index is 5.11. The number of nitrogens with one attached hydrogen (secondary N) is 1. The van der Waals surface area contributed by atoms with Crippen molar-refractivity contribution >= 4 is 0 Å². The first-order valence-corrected chi connectivity index (χ1v) is 7.04. The van der Waals surface area contributed by atoms with Crippen LogP contribution >= 0.6 is 0 Å². The third kappa shape index (κ3) is 2.93. The summed E-state index contributed by atoms with van der Waals surface area (Å²) in [6.07, 6.45) is 5.36. The molecule has 0 aromatic heterocycles. The highest BCUT2D eigenvalue weighted by molar-refractivity contribution is 5.34. The van der Waals surface area contributed by atoms with Gasteiger partial charge in [0.25, 0.3) is 0 Å². The number of aryl methyl sites for hydroxylation is 1. The Kier molecular flexibility index (Phi) is 4.79. The van der Waals surface area contributed by atoms with E-state index in [9.17, 15) is 0 Å². The molecule has 2 heteroatoms. The standard InChI is InChI=1S/C16H25NO/c1-14-7-3-4-8-15(14)16(9-5-6-10-16)13-17-11-12-18-2/h3-4,7-8,17H,5-6,9-13H2,1-2H3. The van der Waals surface area contributed by atoms with Crippen LogP contribution in [0.4, 0.5) is 0 Å². The summed E-state index contributed by atoms with van der Waals surface area (Å²) in [5, 5.41) is 3.57. The molecule has 2 rings (SSSR count). The van der Waals surface area contributed by atoms with Gasteiger partial charge in [-0.25, -0.2) is 0 Å². The van der Waals surface area contributed by atoms with Crippen LogP contribution in [0.2, 0.25) is 0 Å². The van der Waals surface area contributed by atoms with Gasteiger partial charge in [0.05, 0.1) is 6.61 Å². The topological polar surface area (TPSA) is 21.3 Å². The van der Waals surface area contributed by atoms with Crippen molar-refractivity contribution in [3.8, 4) is 0 Å². The smallest absolute Gasteiger partial charge is 0.0587 e. The molecule has 0 bridgehead atoms.